The van der Waals surface area contributed by atoms with Crippen LogP contribution < -0.4 is 5.32 Å². The number of para-hydroxylation sites is 1. The van der Waals surface area contributed by atoms with Crippen LogP contribution in [0.4, 0.5) is 11.4 Å². The van der Waals surface area contributed by atoms with Gasteiger partial charge in [-0.1, -0.05) is 50.6 Å². The van der Waals surface area contributed by atoms with Crippen LogP contribution in [0.3, 0.4) is 0 Å². The molecule has 2 aromatic rings. The Morgan fingerprint density at radius 3 is 2.52 bits per heavy atom. The first-order valence-corrected chi connectivity index (χ1v) is 8.85. The van der Waals surface area contributed by atoms with Crippen LogP contribution in [0.5, 0.6) is 0 Å². The summed E-state index contributed by atoms with van der Waals surface area (Å²) in [5.74, 6) is 0.777. The summed E-state index contributed by atoms with van der Waals surface area (Å²) in [4.78, 5) is 10.3. The average molecular weight is 338 g/mol. The van der Waals surface area contributed by atoms with Crippen molar-refractivity contribution in [1.82, 2.24) is 0 Å². The summed E-state index contributed by atoms with van der Waals surface area (Å²) in [5, 5.41) is 14.2. The van der Waals surface area contributed by atoms with E-state index in [1.165, 1.54) is 25.0 Å². The van der Waals surface area contributed by atoms with Crippen LogP contribution in [0.15, 0.2) is 48.5 Å². The van der Waals surface area contributed by atoms with E-state index in [0.717, 1.165) is 35.7 Å². The Balaban J connectivity index is 1.98. The van der Waals surface area contributed by atoms with Crippen LogP contribution in [0, 0.1) is 16.0 Å². The Morgan fingerprint density at radius 1 is 1.12 bits per heavy atom. The van der Waals surface area contributed by atoms with Gasteiger partial charge in [0, 0.05) is 24.4 Å². The standard InChI is InChI=1S/C21H26N2O2/c1-3-17(2)7-6-16-22-21-9-5-4-8-19(21)13-10-18-11-14-20(15-12-18)23(24)25/h4-5,8-15,17,22H,3,6-7,16H2,1-2H3. The van der Waals surface area contributed by atoms with Crippen LogP contribution in [0.1, 0.15) is 44.2 Å². The van der Waals surface area contributed by atoms with Crippen LogP contribution in [0.25, 0.3) is 12.2 Å². The minimum Gasteiger partial charge on any atom is -0.385 e. The Kier molecular flexibility index (Phi) is 7.20. The Hall–Kier alpha value is -2.62. The van der Waals surface area contributed by atoms with Gasteiger partial charge in [-0.05, 0) is 48.1 Å². The highest BCUT2D eigenvalue weighted by atomic mass is 16.6. The molecule has 1 unspecified atom stereocenters. The molecule has 4 nitrogen and oxygen atoms in total. The van der Waals surface area contributed by atoms with Crippen LogP contribution >= 0.6 is 0 Å². The van der Waals surface area contributed by atoms with E-state index in [-0.39, 0.29) is 10.6 Å². The van der Waals surface area contributed by atoms with E-state index >= 15 is 0 Å². The van der Waals surface area contributed by atoms with Gasteiger partial charge in [-0.25, -0.2) is 0 Å². The molecule has 0 saturated heterocycles. The number of non-ortho nitro benzene ring substituents is 1. The third-order valence-corrected chi connectivity index (χ3v) is 4.41. The van der Waals surface area contributed by atoms with Gasteiger partial charge < -0.3 is 5.32 Å². The molecule has 0 heterocycles. The smallest absolute Gasteiger partial charge is 0.269 e. The van der Waals surface area contributed by atoms with Gasteiger partial charge in [-0.2, -0.15) is 0 Å². The number of nitrogens with one attached hydrogen (secondary N) is 1. The number of benzene rings is 2. The number of nitro groups is 1. The number of hydrogen-bond acceptors (Lipinski definition) is 3. The maximum atomic E-state index is 10.7. The summed E-state index contributed by atoms with van der Waals surface area (Å²) in [5.41, 5.74) is 3.28. The van der Waals surface area contributed by atoms with Gasteiger partial charge in [-0.3, -0.25) is 10.1 Å². The van der Waals surface area contributed by atoms with E-state index in [1.54, 1.807) is 12.1 Å². The van der Waals surface area contributed by atoms with Crippen molar-refractivity contribution in [3.63, 3.8) is 0 Å². The molecule has 0 aromatic heterocycles. The lowest BCUT2D eigenvalue weighted by Crippen LogP contribution is -2.04. The fourth-order valence-corrected chi connectivity index (χ4v) is 2.57. The fraction of sp³-hybridized carbons (Fsp3) is 0.333. The van der Waals surface area contributed by atoms with Gasteiger partial charge >= 0.3 is 0 Å². The van der Waals surface area contributed by atoms with Gasteiger partial charge in [0.05, 0.1) is 4.92 Å². The zero-order valence-electron chi connectivity index (χ0n) is 14.9. The van der Waals surface area contributed by atoms with Crippen molar-refractivity contribution < 1.29 is 4.92 Å². The Bertz CT molecular complexity index is 708. The molecule has 0 saturated carbocycles. The van der Waals surface area contributed by atoms with Crippen LogP contribution in [-0.2, 0) is 0 Å². The normalized spacial score (nSPS) is 12.2. The lowest BCUT2D eigenvalue weighted by atomic mass is 10.0. The zero-order valence-corrected chi connectivity index (χ0v) is 14.9. The second kappa shape index (κ2) is 9.62. The fourth-order valence-electron chi connectivity index (χ4n) is 2.57. The first-order valence-electron chi connectivity index (χ1n) is 8.85. The largest absolute Gasteiger partial charge is 0.385 e. The monoisotopic (exact) mass is 338 g/mol. The average Bonchev–Trinajstić information content (AvgIpc) is 2.64. The molecule has 0 bridgehead atoms. The van der Waals surface area contributed by atoms with E-state index < -0.39 is 0 Å². The summed E-state index contributed by atoms with van der Waals surface area (Å²) >= 11 is 0. The Morgan fingerprint density at radius 2 is 1.84 bits per heavy atom. The number of anilines is 1. The summed E-state index contributed by atoms with van der Waals surface area (Å²) in [6.45, 7) is 5.49. The van der Waals surface area contributed by atoms with Crippen LogP contribution in [-0.4, -0.2) is 11.5 Å². The predicted molar refractivity (Wildman–Crippen MR) is 106 cm³/mol. The van der Waals surface area contributed by atoms with Gasteiger partial charge in [-0.15, -0.1) is 0 Å². The maximum Gasteiger partial charge on any atom is 0.269 e. The highest BCUT2D eigenvalue weighted by molar-refractivity contribution is 5.76. The molecule has 0 radical (unpaired) electrons. The Labute approximate surface area is 149 Å². The van der Waals surface area contributed by atoms with Crippen molar-refractivity contribution in [3.8, 4) is 0 Å². The molecule has 1 N–H and O–H groups in total. The molecule has 4 heteroatoms. The molecule has 2 rings (SSSR count). The predicted octanol–water partition coefficient (Wildman–Crippen LogP) is 6.00. The zero-order chi connectivity index (χ0) is 18.1. The van der Waals surface area contributed by atoms with Gasteiger partial charge in [0.15, 0.2) is 0 Å². The summed E-state index contributed by atoms with van der Waals surface area (Å²) < 4.78 is 0. The molecule has 0 aliphatic heterocycles. The molecule has 2 aromatic carbocycles. The topological polar surface area (TPSA) is 55.2 Å². The SMILES string of the molecule is CCC(C)CCCNc1ccccc1C=Cc1ccc([N+](=O)[O-])cc1. The van der Waals surface area contributed by atoms with Gasteiger partial charge in [0.1, 0.15) is 0 Å². The first-order chi connectivity index (χ1) is 12.1. The van der Waals surface area contributed by atoms with E-state index in [4.69, 9.17) is 0 Å². The quantitative estimate of drug-likeness (QED) is 0.264. The molecule has 1 atom stereocenters. The van der Waals surface area contributed by atoms with Crippen molar-refractivity contribution in [2.45, 2.75) is 33.1 Å². The summed E-state index contributed by atoms with van der Waals surface area (Å²) in [6.07, 6.45) is 7.65. The highest BCUT2D eigenvalue weighted by Crippen LogP contribution is 2.20. The van der Waals surface area contributed by atoms with E-state index in [0.29, 0.717) is 0 Å². The number of nitrogens with zero attached hydrogens (tertiary/aromatic N) is 1. The molecule has 132 valence electrons. The molecule has 0 spiro atoms. The molecule has 0 aliphatic carbocycles. The number of hydrogen-bond donors (Lipinski definition) is 1. The molecular formula is C21H26N2O2. The minimum absolute atomic E-state index is 0.112. The van der Waals surface area contributed by atoms with E-state index in [1.807, 2.05) is 24.3 Å². The first kappa shape index (κ1) is 18.7. The maximum absolute atomic E-state index is 10.7. The molecule has 0 amide bonds. The third-order valence-electron chi connectivity index (χ3n) is 4.41. The van der Waals surface area contributed by atoms with Crippen molar-refractivity contribution in [2.75, 3.05) is 11.9 Å². The highest BCUT2D eigenvalue weighted by Gasteiger charge is 2.03. The van der Waals surface area contributed by atoms with Gasteiger partial charge in [0.25, 0.3) is 5.69 Å². The number of rotatable bonds is 9. The third kappa shape index (κ3) is 6.07. The summed E-state index contributed by atoms with van der Waals surface area (Å²) in [6, 6.07) is 14.8. The molecule has 25 heavy (non-hydrogen) atoms. The number of nitro benzene ring substituents is 1. The molecular weight excluding hydrogens is 312 g/mol. The second-order valence-electron chi connectivity index (χ2n) is 6.35. The molecule has 0 fully saturated rings. The van der Waals surface area contributed by atoms with Crippen molar-refractivity contribution in [1.29, 1.82) is 0 Å². The van der Waals surface area contributed by atoms with E-state index in [9.17, 15) is 10.1 Å². The van der Waals surface area contributed by atoms with Crippen molar-refractivity contribution in [2.24, 2.45) is 5.92 Å². The summed E-state index contributed by atoms with van der Waals surface area (Å²) in [7, 11) is 0. The van der Waals surface area contributed by atoms with E-state index in [2.05, 4.69) is 31.3 Å². The van der Waals surface area contributed by atoms with Gasteiger partial charge in [0.2, 0.25) is 0 Å². The van der Waals surface area contributed by atoms with Crippen molar-refractivity contribution in [3.05, 3.63) is 69.8 Å². The van der Waals surface area contributed by atoms with Crippen molar-refractivity contribution >= 4 is 23.5 Å². The minimum atomic E-state index is -0.383. The lowest BCUT2D eigenvalue weighted by molar-refractivity contribution is -0.384. The second-order valence-corrected chi connectivity index (χ2v) is 6.35. The molecule has 0 aliphatic rings. The lowest BCUT2D eigenvalue weighted by Gasteiger charge is -2.11. The van der Waals surface area contributed by atoms with Crippen LogP contribution in [0.2, 0.25) is 0 Å².